The molecule has 1 aliphatic rings. The summed E-state index contributed by atoms with van der Waals surface area (Å²) in [5.41, 5.74) is 0.845. The first kappa shape index (κ1) is 11.8. The molecule has 98 valence electrons. The SMILES string of the molecule is O=[N+]([O-])c1ccc(-n2ncnc2CNC2CC2)cc1. The third-order valence-corrected chi connectivity index (χ3v) is 3.05. The highest BCUT2D eigenvalue weighted by Gasteiger charge is 2.21. The van der Waals surface area contributed by atoms with Crippen molar-refractivity contribution < 1.29 is 4.92 Å². The van der Waals surface area contributed by atoms with Crippen LogP contribution in [0.3, 0.4) is 0 Å². The molecule has 1 aromatic heterocycles. The molecule has 0 atom stereocenters. The van der Waals surface area contributed by atoms with Crippen LogP contribution in [0.2, 0.25) is 0 Å². The fourth-order valence-corrected chi connectivity index (χ4v) is 1.84. The number of rotatable bonds is 5. The molecule has 0 spiro atoms. The van der Waals surface area contributed by atoms with Crippen molar-refractivity contribution in [3.63, 3.8) is 0 Å². The van der Waals surface area contributed by atoms with Crippen molar-refractivity contribution in [1.29, 1.82) is 0 Å². The highest BCUT2D eigenvalue weighted by Crippen LogP contribution is 2.20. The zero-order valence-electron chi connectivity index (χ0n) is 10.2. The molecule has 0 bridgehead atoms. The molecule has 0 saturated heterocycles. The molecule has 0 amide bonds. The van der Waals surface area contributed by atoms with Crippen LogP contribution < -0.4 is 5.32 Å². The van der Waals surface area contributed by atoms with Crippen LogP contribution in [0.5, 0.6) is 0 Å². The Balaban J connectivity index is 1.80. The Morgan fingerprint density at radius 1 is 1.37 bits per heavy atom. The van der Waals surface area contributed by atoms with Gasteiger partial charge in [0, 0.05) is 18.2 Å². The van der Waals surface area contributed by atoms with Gasteiger partial charge in [-0.3, -0.25) is 10.1 Å². The molecule has 7 nitrogen and oxygen atoms in total. The minimum absolute atomic E-state index is 0.0709. The van der Waals surface area contributed by atoms with E-state index in [0.29, 0.717) is 12.6 Å². The van der Waals surface area contributed by atoms with Crippen LogP contribution in [0.25, 0.3) is 5.69 Å². The molecule has 2 aromatic rings. The smallest absolute Gasteiger partial charge is 0.269 e. The van der Waals surface area contributed by atoms with Gasteiger partial charge in [-0.25, -0.2) is 9.67 Å². The lowest BCUT2D eigenvalue weighted by Gasteiger charge is -2.06. The van der Waals surface area contributed by atoms with E-state index in [9.17, 15) is 10.1 Å². The van der Waals surface area contributed by atoms with Gasteiger partial charge in [0.15, 0.2) is 0 Å². The second-order valence-electron chi connectivity index (χ2n) is 4.52. The third-order valence-electron chi connectivity index (χ3n) is 3.05. The topological polar surface area (TPSA) is 85.9 Å². The molecule has 1 fully saturated rings. The largest absolute Gasteiger partial charge is 0.307 e. The fraction of sp³-hybridized carbons (Fsp3) is 0.333. The number of nitrogens with one attached hydrogen (secondary N) is 1. The normalized spacial score (nSPS) is 14.5. The van der Waals surface area contributed by atoms with Gasteiger partial charge in [-0.1, -0.05) is 0 Å². The van der Waals surface area contributed by atoms with Gasteiger partial charge in [0.05, 0.1) is 17.2 Å². The predicted molar refractivity (Wildman–Crippen MR) is 67.9 cm³/mol. The zero-order chi connectivity index (χ0) is 13.2. The number of hydrogen-bond acceptors (Lipinski definition) is 5. The van der Waals surface area contributed by atoms with Crippen molar-refractivity contribution in [2.75, 3.05) is 0 Å². The summed E-state index contributed by atoms with van der Waals surface area (Å²) in [4.78, 5) is 14.4. The van der Waals surface area contributed by atoms with Crippen molar-refractivity contribution in [3.8, 4) is 5.69 Å². The maximum absolute atomic E-state index is 10.6. The Kier molecular flexibility index (Phi) is 2.96. The number of hydrogen-bond donors (Lipinski definition) is 1. The van der Waals surface area contributed by atoms with Gasteiger partial charge in [0.2, 0.25) is 0 Å². The molecule has 1 aromatic carbocycles. The monoisotopic (exact) mass is 259 g/mol. The molecule has 19 heavy (non-hydrogen) atoms. The first-order chi connectivity index (χ1) is 9.24. The molecule has 3 rings (SSSR count). The van der Waals surface area contributed by atoms with E-state index in [1.165, 1.54) is 31.3 Å². The van der Waals surface area contributed by atoms with Crippen molar-refractivity contribution in [2.24, 2.45) is 0 Å². The lowest BCUT2D eigenvalue weighted by molar-refractivity contribution is -0.384. The minimum Gasteiger partial charge on any atom is -0.307 e. The Morgan fingerprint density at radius 2 is 2.11 bits per heavy atom. The molecular weight excluding hydrogens is 246 g/mol. The van der Waals surface area contributed by atoms with E-state index in [0.717, 1.165) is 11.5 Å². The van der Waals surface area contributed by atoms with Crippen LogP contribution >= 0.6 is 0 Å². The van der Waals surface area contributed by atoms with Gasteiger partial charge in [-0.2, -0.15) is 5.10 Å². The Labute approximate surface area is 109 Å². The van der Waals surface area contributed by atoms with Crippen LogP contribution in [0.4, 0.5) is 5.69 Å². The number of nitrogens with zero attached hydrogens (tertiary/aromatic N) is 4. The first-order valence-electron chi connectivity index (χ1n) is 6.11. The predicted octanol–water partition coefficient (Wildman–Crippen LogP) is 1.43. The lowest BCUT2D eigenvalue weighted by Crippen LogP contribution is -2.18. The van der Waals surface area contributed by atoms with Crippen molar-refractivity contribution in [3.05, 3.63) is 46.5 Å². The van der Waals surface area contributed by atoms with Gasteiger partial charge >= 0.3 is 0 Å². The highest BCUT2D eigenvalue weighted by atomic mass is 16.6. The average molecular weight is 259 g/mol. The highest BCUT2D eigenvalue weighted by molar-refractivity contribution is 5.40. The van der Waals surface area contributed by atoms with E-state index in [2.05, 4.69) is 15.4 Å². The Bertz CT molecular complexity index is 588. The van der Waals surface area contributed by atoms with E-state index < -0.39 is 4.92 Å². The molecule has 0 radical (unpaired) electrons. The molecule has 1 heterocycles. The van der Waals surface area contributed by atoms with E-state index in [1.807, 2.05) is 0 Å². The summed E-state index contributed by atoms with van der Waals surface area (Å²) < 4.78 is 1.69. The number of nitro groups is 1. The number of aromatic nitrogens is 3. The second-order valence-corrected chi connectivity index (χ2v) is 4.52. The van der Waals surface area contributed by atoms with Crippen LogP contribution in [0.15, 0.2) is 30.6 Å². The fourth-order valence-electron chi connectivity index (χ4n) is 1.84. The standard InChI is InChI=1S/C12H13N5O2/c18-17(19)11-5-3-10(4-6-11)16-12(14-8-15-16)7-13-9-1-2-9/h3-6,8-9,13H,1-2,7H2. The average Bonchev–Trinajstić information content (AvgIpc) is 3.13. The lowest BCUT2D eigenvalue weighted by atomic mass is 10.3. The summed E-state index contributed by atoms with van der Waals surface area (Å²) in [7, 11) is 0. The van der Waals surface area contributed by atoms with E-state index in [-0.39, 0.29) is 5.69 Å². The summed E-state index contributed by atoms with van der Waals surface area (Å²) in [6, 6.07) is 6.88. The summed E-state index contributed by atoms with van der Waals surface area (Å²) in [5.74, 6) is 0.806. The van der Waals surface area contributed by atoms with Gasteiger partial charge < -0.3 is 5.32 Å². The second kappa shape index (κ2) is 4.77. The van der Waals surface area contributed by atoms with Gasteiger partial charge in [-0.05, 0) is 25.0 Å². The molecule has 0 unspecified atom stereocenters. The number of benzene rings is 1. The van der Waals surface area contributed by atoms with Crippen LogP contribution in [0.1, 0.15) is 18.7 Å². The molecule has 0 aliphatic heterocycles. The van der Waals surface area contributed by atoms with Gasteiger partial charge in [0.1, 0.15) is 12.2 Å². The summed E-state index contributed by atoms with van der Waals surface area (Å²) in [5, 5.41) is 18.1. The Hall–Kier alpha value is -2.28. The van der Waals surface area contributed by atoms with E-state index >= 15 is 0 Å². The molecule has 1 N–H and O–H groups in total. The van der Waals surface area contributed by atoms with Crippen LogP contribution in [0, 0.1) is 10.1 Å². The molecule has 1 saturated carbocycles. The van der Waals surface area contributed by atoms with Crippen molar-refractivity contribution in [1.82, 2.24) is 20.1 Å². The summed E-state index contributed by atoms with van der Waals surface area (Å²) in [6.07, 6.45) is 3.92. The number of nitro benzene ring substituents is 1. The maximum atomic E-state index is 10.6. The van der Waals surface area contributed by atoms with Crippen LogP contribution in [-0.4, -0.2) is 25.7 Å². The van der Waals surface area contributed by atoms with Crippen molar-refractivity contribution >= 4 is 5.69 Å². The summed E-state index contributed by atoms with van der Waals surface area (Å²) >= 11 is 0. The van der Waals surface area contributed by atoms with E-state index in [4.69, 9.17) is 0 Å². The van der Waals surface area contributed by atoms with Gasteiger partial charge in [0.25, 0.3) is 5.69 Å². The number of non-ortho nitro benzene ring substituents is 1. The molecule has 7 heteroatoms. The zero-order valence-corrected chi connectivity index (χ0v) is 10.2. The minimum atomic E-state index is -0.416. The third kappa shape index (κ3) is 2.60. The van der Waals surface area contributed by atoms with E-state index in [1.54, 1.807) is 16.8 Å². The maximum Gasteiger partial charge on any atom is 0.269 e. The first-order valence-corrected chi connectivity index (χ1v) is 6.11. The molecule has 1 aliphatic carbocycles. The van der Waals surface area contributed by atoms with Crippen molar-refractivity contribution in [2.45, 2.75) is 25.4 Å². The van der Waals surface area contributed by atoms with Crippen LogP contribution in [-0.2, 0) is 6.54 Å². The quantitative estimate of drug-likeness (QED) is 0.648. The molecular formula is C12H13N5O2. The van der Waals surface area contributed by atoms with Gasteiger partial charge in [-0.15, -0.1) is 0 Å². The summed E-state index contributed by atoms with van der Waals surface area (Å²) in [6.45, 7) is 0.654. The Morgan fingerprint density at radius 3 is 2.74 bits per heavy atom.